The second-order valence-electron chi connectivity index (χ2n) is 8.01. The van der Waals surface area contributed by atoms with Gasteiger partial charge >= 0.3 is 6.18 Å². The predicted molar refractivity (Wildman–Crippen MR) is 137 cm³/mol. The number of anilines is 1. The zero-order chi connectivity index (χ0) is 27.2. The van der Waals surface area contributed by atoms with Crippen LogP contribution in [0.4, 0.5) is 23.4 Å². The van der Waals surface area contributed by atoms with Crippen LogP contribution in [0.5, 0.6) is 0 Å². The Hall–Kier alpha value is -3.48. The quantitative estimate of drug-likeness (QED) is 0.211. The van der Waals surface area contributed by atoms with E-state index < -0.39 is 23.6 Å². The number of nitrogens with zero attached hydrogens (tertiary/aromatic N) is 5. The predicted octanol–water partition coefficient (Wildman–Crippen LogP) is 7.12. The molecule has 3 heterocycles. The van der Waals surface area contributed by atoms with Crippen molar-refractivity contribution in [2.45, 2.75) is 12.7 Å². The fraction of sp³-hybridized carbons (Fsp3) is 0.0833. The molecule has 3 aromatic heterocycles. The molecule has 0 saturated heterocycles. The highest BCUT2D eigenvalue weighted by Crippen LogP contribution is 2.33. The smallest absolute Gasteiger partial charge is 0.303 e. The van der Waals surface area contributed by atoms with Crippen molar-refractivity contribution >= 4 is 56.5 Å². The van der Waals surface area contributed by atoms with Crippen LogP contribution in [-0.2, 0) is 12.7 Å². The van der Waals surface area contributed by atoms with Crippen LogP contribution >= 0.6 is 39.1 Å². The Kier molecular flexibility index (Phi) is 6.88. The number of alkyl halides is 3. The van der Waals surface area contributed by atoms with Crippen LogP contribution in [0.2, 0.25) is 10.0 Å². The van der Waals surface area contributed by atoms with Gasteiger partial charge in [0, 0.05) is 33.4 Å². The number of rotatable bonds is 5. The molecule has 14 heteroatoms. The van der Waals surface area contributed by atoms with Gasteiger partial charge in [-0.2, -0.15) is 23.4 Å². The Morgan fingerprint density at radius 3 is 2.47 bits per heavy atom. The number of carbonyl (C=O) groups is 1. The Morgan fingerprint density at radius 2 is 1.79 bits per heavy atom. The topological polar surface area (TPSA) is 77.1 Å². The lowest BCUT2D eigenvalue weighted by Crippen LogP contribution is -2.16. The van der Waals surface area contributed by atoms with Gasteiger partial charge in [0.05, 0.1) is 16.7 Å². The van der Waals surface area contributed by atoms with Crippen molar-refractivity contribution in [2.75, 3.05) is 5.32 Å². The molecule has 38 heavy (non-hydrogen) atoms. The number of amides is 1. The zero-order valence-electron chi connectivity index (χ0n) is 18.8. The van der Waals surface area contributed by atoms with Crippen molar-refractivity contribution < 1.29 is 22.4 Å². The summed E-state index contributed by atoms with van der Waals surface area (Å²) < 4.78 is 58.0. The van der Waals surface area contributed by atoms with E-state index in [1.54, 1.807) is 0 Å². The summed E-state index contributed by atoms with van der Waals surface area (Å²) in [5, 5.41) is 11.1. The van der Waals surface area contributed by atoms with Crippen molar-refractivity contribution in [1.82, 2.24) is 24.4 Å². The van der Waals surface area contributed by atoms with Crippen molar-refractivity contribution in [3.8, 4) is 11.3 Å². The summed E-state index contributed by atoms with van der Waals surface area (Å²) in [6.45, 7) is -0.0271. The highest BCUT2D eigenvalue weighted by Gasteiger charge is 2.35. The molecule has 2 aromatic carbocycles. The molecule has 0 spiro atoms. The SMILES string of the molecule is O=C(Nc1nn(Cc2c(F)cccc2Cl)cc1Br)c1cc2nc(-c3ccc(Cl)cc3)cc(C(F)(F)F)n2n1. The summed E-state index contributed by atoms with van der Waals surface area (Å²) >= 11 is 15.2. The third-order valence-electron chi connectivity index (χ3n) is 5.42. The lowest BCUT2D eigenvalue weighted by molar-refractivity contribution is -0.142. The number of hydrogen-bond donors (Lipinski definition) is 1. The third kappa shape index (κ3) is 5.24. The Labute approximate surface area is 230 Å². The first-order valence-electron chi connectivity index (χ1n) is 10.7. The van der Waals surface area contributed by atoms with Gasteiger partial charge in [-0.1, -0.05) is 41.4 Å². The van der Waals surface area contributed by atoms with Gasteiger partial charge < -0.3 is 5.32 Å². The molecule has 0 aliphatic carbocycles. The molecule has 0 atom stereocenters. The fourth-order valence-corrected chi connectivity index (χ4v) is 4.40. The summed E-state index contributed by atoms with van der Waals surface area (Å²) in [6.07, 6.45) is -3.29. The van der Waals surface area contributed by atoms with Crippen LogP contribution in [-0.4, -0.2) is 30.3 Å². The van der Waals surface area contributed by atoms with Crippen LogP contribution in [0, 0.1) is 5.82 Å². The molecule has 0 unspecified atom stereocenters. The van der Waals surface area contributed by atoms with E-state index in [9.17, 15) is 22.4 Å². The van der Waals surface area contributed by atoms with E-state index in [0.29, 0.717) is 19.6 Å². The monoisotopic (exact) mass is 626 g/mol. The van der Waals surface area contributed by atoms with Crippen molar-refractivity contribution in [2.24, 2.45) is 0 Å². The van der Waals surface area contributed by atoms with E-state index in [1.807, 2.05) is 0 Å². The zero-order valence-corrected chi connectivity index (χ0v) is 21.9. The summed E-state index contributed by atoms with van der Waals surface area (Å²) in [7, 11) is 0. The van der Waals surface area contributed by atoms with Crippen LogP contribution in [0.3, 0.4) is 0 Å². The molecular formula is C24H13BrCl2F4N6O. The first-order valence-corrected chi connectivity index (χ1v) is 12.3. The second kappa shape index (κ2) is 10.0. The number of fused-ring (bicyclic) bond motifs is 1. The normalized spacial score (nSPS) is 11.8. The molecule has 0 saturated carbocycles. The molecule has 0 aliphatic rings. The first kappa shape index (κ1) is 26.1. The number of aromatic nitrogens is 5. The van der Waals surface area contributed by atoms with Gasteiger partial charge in [0.25, 0.3) is 5.91 Å². The first-order chi connectivity index (χ1) is 18.0. The number of hydrogen-bond acceptors (Lipinski definition) is 4. The molecule has 0 aliphatic heterocycles. The Balaban J connectivity index is 1.46. The Bertz CT molecular complexity index is 1660. The second-order valence-corrected chi connectivity index (χ2v) is 9.71. The van der Waals surface area contributed by atoms with Gasteiger partial charge in [-0.25, -0.2) is 13.9 Å². The largest absolute Gasteiger partial charge is 0.433 e. The number of benzene rings is 2. The highest BCUT2D eigenvalue weighted by molar-refractivity contribution is 9.10. The fourth-order valence-electron chi connectivity index (χ4n) is 3.64. The molecule has 194 valence electrons. The molecule has 5 aromatic rings. The lowest BCUT2D eigenvalue weighted by Gasteiger charge is -2.11. The summed E-state index contributed by atoms with van der Waals surface area (Å²) in [5.41, 5.74) is -0.993. The maximum atomic E-state index is 14.1. The lowest BCUT2D eigenvalue weighted by atomic mass is 10.1. The maximum absolute atomic E-state index is 14.1. The minimum absolute atomic E-state index is 0.0271. The minimum atomic E-state index is -4.78. The molecule has 7 nitrogen and oxygen atoms in total. The third-order valence-corrected chi connectivity index (χ3v) is 6.61. The number of carbonyl (C=O) groups excluding carboxylic acids is 1. The number of halogens is 7. The van der Waals surface area contributed by atoms with E-state index in [1.165, 1.54) is 53.3 Å². The Morgan fingerprint density at radius 1 is 1.05 bits per heavy atom. The molecule has 5 rings (SSSR count). The van der Waals surface area contributed by atoms with Crippen LogP contribution in [0.1, 0.15) is 21.7 Å². The molecule has 0 bridgehead atoms. The van der Waals surface area contributed by atoms with E-state index in [-0.39, 0.29) is 40.0 Å². The van der Waals surface area contributed by atoms with Gasteiger partial charge in [-0.05, 0) is 46.3 Å². The van der Waals surface area contributed by atoms with Gasteiger partial charge in [0.1, 0.15) is 5.82 Å². The molecule has 1 N–H and O–H groups in total. The van der Waals surface area contributed by atoms with Crippen molar-refractivity contribution in [3.05, 3.63) is 98.1 Å². The van der Waals surface area contributed by atoms with Crippen LogP contribution < -0.4 is 5.32 Å². The van der Waals surface area contributed by atoms with E-state index in [0.717, 1.165) is 12.1 Å². The van der Waals surface area contributed by atoms with Gasteiger partial charge in [0.2, 0.25) is 0 Å². The van der Waals surface area contributed by atoms with Crippen LogP contribution in [0.25, 0.3) is 16.9 Å². The van der Waals surface area contributed by atoms with Gasteiger partial charge in [0.15, 0.2) is 22.9 Å². The van der Waals surface area contributed by atoms with Crippen molar-refractivity contribution in [1.29, 1.82) is 0 Å². The maximum Gasteiger partial charge on any atom is 0.433 e. The van der Waals surface area contributed by atoms with E-state index in [2.05, 4.69) is 36.4 Å². The van der Waals surface area contributed by atoms with E-state index in [4.69, 9.17) is 23.2 Å². The molecule has 0 radical (unpaired) electrons. The molecular weight excluding hydrogens is 615 g/mol. The summed E-state index contributed by atoms with van der Waals surface area (Å²) in [6, 6.07) is 12.4. The number of nitrogens with one attached hydrogen (secondary N) is 1. The van der Waals surface area contributed by atoms with Crippen LogP contribution in [0.15, 0.2) is 65.3 Å². The van der Waals surface area contributed by atoms with Gasteiger partial charge in [-0.3, -0.25) is 9.48 Å². The van der Waals surface area contributed by atoms with Crippen molar-refractivity contribution in [3.63, 3.8) is 0 Å². The average Bonchev–Trinajstić information content (AvgIpc) is 3.44. The van der Waals surface area contributed by atoms with Gasteiger partial charge in [-0.15, -0.1) is 0 Å². The molecule has 0 fully saturated rings. The minimum Gasteiger partial charge on any atom is -0.303 e. The molecule has 1 amide bonds. The highest BCUT2D eigenvalue weighted by atomic mass is 79.9. The average molecular weight is 628 g/mol. The summed E-state index contributed by atoms with van der Waals surface area (Å²) in [4.78, 5) is 17.1. The van der Waals surface area contributed by atoms with E-state index >= 15 is 0 Å². The summed E-state index contributed by atoms with van der Waals surface area (Å²) in [5.74, 6) is -1.30. The standard InChI is InChI=1S/C24H13BrCl2F4N6O/c25-15-11-36(10-14-16(27)2-1-3-17(14)28)35-22(15)33-23(38)19-9-21-32-18(12-4-6-13(26)7-5-12)8-20(24(29,30)31)37(21)34-19/h1-9,11H,10H2,(H,33,35,38).